The molecule has 0 bridgehead atoms. The number of rotatable bonds is 9. The molecule has 0 radical (unpaired) electrons. The van der Waals surface area contributed by atoms with Crippen LogP contribution in [0.2, 0.25) is 0 Å². The van der Waals surface area contributed by atoms with Crippen molar-refractivity contribution in [2.75, 3.05) is 5.73 Å². The Bertz CT molecular complexity index is 1030. The number of nitrogen functional groups attached to an aromatic ring is 1. The molecular formula is C15H18N5O9PS. The van der Waals surface area contributed by atoms with Gasteiger partial charge in [0.05, 0.1) is 6.04 Å². The van der Waals surface area contributed by atoms with E-state index in [1.807, 2.05) is 0 Å². The second-order valence-corrected chi connectivity index (χ2v) is 9.14. The fourth-order valence-corrected chi connectivity index (χ4v) is 4.09. The lowest BCUT2D eigenvalue weighted by molar-refractivity contribution is -0.161. The number of aromatic nitrogens is 1. The number of carbonyl (C=O) groups is 3. The number of nitrogens with two attached hydrogens (primary N) is 1. The molecule has 1 aliphatic rings. The molecule has 1 aromatic heterocycles. The van der Waals surface area contributed by atoms with Gasteiger partial charge in [-0.05, 0) is 20.8 Å². The Balaban J connectivity index is 2.23. The molecular weight excluding hydrogens is 457 g/mol. The number of carbonyl (C=O) groups excluding carboxylic acids is 3. The van der Waals surface area contributed by atoms with Crippen LogP contribution in [0.4, 0.5) is 5.13 Å². The Kier molecular flexibility index (Phi) is 6.86. The monoisotopic (exact) mass is 475 g/mol. The molecule has 2 heterocycles. The van der Waals surface area contributed by atoms with Crippen LogP contribution in [0.5, 0.6) is 0 Å². The maximum atomic E-state index is 12.7. The lowest BCUT2D eigenvalue weighted by Crippen LogP contribution is -2.68. The highest BCUT2D eigenvalue weighted by Gasteiger charge is 2.55. The molecule has 1 saturated heterocycles. The van der Waals surface area contributed by atoms with Crippen LogP contribution >= 0.6 is 19.1 Å². The maximum Gasteiger partial charge on any atom is 0.489 e. The van der Waals surface area contributed by atoms with Gasteiger partial charge in [0.2, 0.25) is 5.60 Å². The van der Waals surface area contributed by atoms with E-state index in [1.165, 1.54) is 26.2 Å². The van der Waals surface area contributed by atoms with E-state index < -0.39 is 48.9 Å². The fraction of sp³-hybridized carbons (Fsp3) is 0.400. The van der Waals surface area contributed by atoms with Crippen LogP contribution in [0.3, 0.4) is 0 Å². The van der Waals surface area contributed by atoms with E-state index in [9.17, 15) is 28.6 Å². The molecule has 0 aliphatic carbocycles. The first kappa shape index (κ1) is 24.0. The lowest BCUT2D eigenvalue weighted by atomic mass is 10.0. The molecule has 5 N–H and O–H groups in total. The van der Waals surface area contributed by atoms with Crippen LogP contribution in [0.1, 0.15) is 26.5 Å². The van der Waals surface area contributed by atoms with E-state index in [2.05, 4.69) is 20.0 Å². The Hall–Kier alpha value is -3.25. The van der Waals surface area contributed by atoms with E-state index in [1.54, 1.807) is 0 Å². The molecule has 0 aromatic carbocycles. The number of hydrogen-bond donors (Lipinski definition) is 4. The predicted octanol–water partition coefficient (Wildman–Crippen LogP) is -0.513. The van der Waals surface area contributed by atoms with Gasteiger partial charge < -0.3 is 25.5 Å². The summed E-state index contributed by atoms with van der Waals surface area (Å²) in [5, 5.41) is 16.5. The summed E-state index contributed by atoms with van der Waals surface area (Å²) in [5.74, 6) is -2.14. The summed E-state index contributed by atoms with van der Waals surface area (Å²) in [6.07, 6.45) is 0.297. The number of carboxylic acid groups (broad SMARTS) is 1. The van der Waals surface area contributed by atoms with Crippen LogP contribution in [0, 0.1) is 0 Å². The van der Waals surface area contributed by atoms with Crippen molar-refractivity contribution in [1.29, 1.82) is 0 Å². The van der Waals surface area contributed by atoms with Crippen LogP contribution in [0.25, 0.3) is 0 Å². The highest BCUT2D eigenvalue weighted by atomic mass is 32.1. The quantitative estimate of drug-likeness (QED) is 0.0891. The first-order valence-corrected chi connectivity index (χ1v) is 10.8. The van der Waals surface area contributed by atoms with E-state index in [-0.39, 0.29) is 10.8 Å². The summed E-state index contributed by atoms with van der Waals surface area (Å²) >= 11 is 0.978. The third-order valence-electron chi connectivity index (χ3n) is 4.02. The van der Waals surface area contributed by atoms with Crippen molar-refractivity contribution < 1.29 is 43.1 Å². The van der Waals surface area contributed by atoms with Crippen molar-refractivity contribution in [2.45, 2.75) is 38.5 Å². The smallest absolute Gasteiger partial charge is 0.478 e. The first-order chi connectivity index (χ1) is 14.3. The number of nitrogens with zero attached hydrogens (tertiary/aromatic N) is 3. The van der Waals surface area contributed by atoms with Crippen LogP contribution < -0.4 is 11.1 Å². The van der Waals surface area contributed by atoms with Gasteiger partial charge in [-0.3, -0.25) is 14.5 Å². The number of anilines is 1. The Morgan fingerprint density at radius 1 is 1.52 bits per heavy atom. The molecule has 1 unspecified atom stereocenters. The molecule has 14 nitrogen and oxygen atoms in total. The standard InChI is InChI=1S/C15H18N5O9PS/c1-7-9(12(23)20(7)30(26,27)28-5-4-21)18-11(22)10(8-6-31-14(16)17-8)19-29-15(2,3)13(24)25/h5-7,9H,1-3H3,(H2,16,17)(H,18,22)(H,24,25)(H,26,27)/b19-10-/t7-,9-/m1/s1. The highest BCUT2D eigenvalue weighted by molar-refractivity contribution is 7.51. The average Bonchev–Trinajstić information content (AvgIpc) is 3.10. The molecule has 2 amide bonds. The molecule has 2 rings (SSSR count). The Labute approximate surface area is 178 Å². The molecule has 0 saturated carbocycles. The summed E-state index contributed by atoms with van der Waals surface area (Å²) in [4.78, 5) is 65.0. The van der Waals surface area contributed by atoms with Crippen molar-refractivity contribution in [3.63, 3.8) is 0 Å². The highest BCUT2D eigenvalue weighted by Crippen LogP contribution is 2.52. The molecule has 1 aromatic rings. The molecule has 16 heteroatoms. The molecule has 1 fully saturated rings. The van der Waals surface area contributed by atoms with Crippen molar-refractivity contribution in [1.82, 2.24) is 15.0 Å². The number of β-lactam (4-membered cyclic amide) rings is 1. The number of nitrogens with one attached hydrogen (secondary N) is 1. The zero-order chi connectivity index (χ0) is 23.6. The Morgan fingerprint density at radius 2 is 2.16 bits per heavy atom. The number of amides is 2. The van der Waals surface area contributed by atoms with Crippen molar-refractivity contribution in [2.24, 2.45) is 5.16 Å². The SMILES string of the molecule is C[C@@H]1[C@@H](NC(=O)/C(=N\OC(C)(C)C(=O)O)c2csc(N)n2)C(=O)N1P(=O)(O)OC=C=O. The normalized spacial score (nSPS) is 20.7. The topological polar surface area (TPSA) is 211 Å². The van der Waals surface area contributed by atoms with E-state index >= 15 is 0 Å². The molecule has 0 spiro atoms. The molecule has 3 atom stereocenters. The Morgan fingerprint density at radius 3 is 2.65 bits per heavy atom. The minimum absolute atomic E-state index is 0.0373. The minimum Gasteiger partial charge on any atom is -0.478 e. The zero-order valence-electron chi connectivity index (χ0n) is 16.3. The van der Waals surface area contributed by atoms with Gasteiger partial charge in [-0.25, -0.2) is 23.8 Å². The fourth-order valence-electron chi connectivity index (χ4n) is 2.30. The van der Waals surface area contributed by atoms with E-state index in [0.29, 0.717) is 10.9 Å². The molecule has 31 heavy (non-hydrogen) atoms. The van der Waals surface area contributed by atoms with Gasteiger partial charge in [-0.2, -0.15) is 0 Å². The van der Waals surface area contributed by atoms with Gasteiger partial charge in [0.25, 0.3) is 11.8 Å². The van der Waals surface area contributed by atoms with Gasteiger partial charge in [0.1, 0.15) is 11.7 Å². The number of aliphatic carboxylic acids is 1. The first-order valence-electron chi connectivity index (χ1n) is 8.37. The summed E-state index contributed by atoms with van der Waals surface area (Å²) in [5.41, 5.74) is 3.27. The largest absolute Gasteiger partial charge is 0.489 e. The lowest BCUT2D eigenvalue weighted by Gasteiger charge is -2.45. The van der Waals surface area contributed by atoms with Crippen LogP contribution in [0.15, 0.2) is 16.8 Å². The maximum absolute atomic E-state index is 12.7. The van der Waals surface area contributed by atoms with Gasteiger partial charge in [0, 0.05) is 5.38 Å². The third-order valence-corrected chi connectivity index (χ3v) is 6.18. The average molecular weight is 475 g/mol. The number of hydrogen-bond acceptors (Lipinski definition) is 11. The van der Waals surface area contributed by atoms with Gasteiger partial charge in [-0.1, -0.05) is 5.16 Å². The third kappa shape index (κ3) is 5.09. The van der Waals surface area contributed by atoms with Gasteiger partial charge in [-0.15, -0.1) is 11.3 Å². The number of oxime groups is 1. The summed E-state index contributed by atoms with van der Waals surface area (Å²) in [6, 6.07) is -2.24. The van der Waals surface area contributed by atoms with E-state index in [0.717, 1.165) is 17.3 Å². The van der Waals surface area contributed by atoms with Crippen LogP contribution in [-0.4, -0.2) is 66.8 Å². The van der Waals surface area contributed by atoms with Crippen molar-refractivity contribution >= 4 is 53.7 Å². The number of carboxylic acids is 1. The minimum atomic E-state index is -4.66. The predicted molar refractivity (Wildman–Crippen MR) is 105 cm³/mol. The summed E-state index contributed by atoms with van der Waals surface area (Å²) in [7, 11) is -4.66. The molecule has 168 valence electrons. The molecule has 1 aliphatic heterocycles. The number of thiazole rings is 1. The van der Waals surface area contributed by atoms with Gasteiger partial charge >= 0.3 is 13.7 Å². The zero-order valence-corrected chi connectivity index (χ0v) is 18.0. The van der Waals surface area contributed by atoms with Crippen LogP contribution in [-0.2, 0) is 33.1 Å². The summed E-state index contributed by atoms with van der Waals surface area (Å²) < 4.78 is 16.8. The van der Waals surface area contributed by atoms with Crippen molar-refractivity contribution in [3.8, 4) is 0 Å². The van der Waals surface area contributed by atoms with Crippen molar-refractivity contribution in [3.05, 3.63) is 17.3 Å². The summed E-state index contributed by atoms with van der Waals surface area (Å²) in [6.45, 7) is 3.75. The second-order valence-electron chi connectivity index (χ2n) is 6.62. The van der Waals surface area contributed by atoms with Gasteiger partial charge in [0.15, 0.2) is 23.0 Å². The second kappa shape index (κ2) is 8.86. The van der Waals surface area contributed by atoms with E-state index in [4.69, 9.17) is 15.7 Å².